The second kappa shape index (κ2) is 3.72. The van der Waals surface area contributed by atoms with Gasteiger partial charge in [0.1, 0.15) is 0 Å². The van der Waals surface area contributed by atoms with E-state index in [4.69, 9.17) is 5.11 Å². The lowest BCUT2D eigenvalue weighted by molar-refractivity contribution is -0.187. The number of aliphatic hydroxyl groups excluding tert-OH is 1. The molecule has 0 aromatic rings. The molecule has 1 N–H and O–H groups in total. The number of likely N-dealkylation sites (tertiary alicyclic amines) is 1. The topological polar surface area (TPSA) is 40.5 Å². The maximum absolute atomic E-state index is 12.4. The van der Waals surface area contributed by atoms with Crippen LogP contribution in [0, 0.1) is 5.92 Å². The van der Waals surface area contributed by atoms with E-state index in [1.54, 1.807) is 0 Å². The van der Waals surface area contributed by atoms with Gasteiger partial charge in [-0.05, 0) is 0 Å². The van der Waals surface area contributed by atoms with E-state index in [0.29, 0.717) is 4.90 Å². The normalized spacial score (nSPS) is 18.6. The summed E-state index contributed by atoms with van der Waals surface area (Å²) in [6.07, 6.45) is -3.98. The maximum atomic E-state index is 12.4. The highest BCUT2D eigenvalue weighted by Crippen LogP contribution is 2.28. The van der Waals surface area contributed by atoms with Gasteiger partial charge >= 0.3 is 12.3 Å². The number of carbonyl (C=O) groups excluding carboxylic acids is 1. The van der Waals surface area contributed by atoms with E-state index in [1.807, 2.05) is 0 Å². The fourth-order valence-corrected chi connectivity index (χ4v) is 1.16. The molecule has 1 saturated heterocycles. The van der Waals surface area contributed by atoms with Gasteiger partial charge in [-0.2, -0.15) is 8.78 Å². The molecule has 1 amide bonds. The molecule has 14 heavy (non-hydrogen) atoms. The Morgan fingerprint density at radius 2 is 2.00 bits per heavy atom. The minimum Gasteiger partial charge on any atom is -0.396 e. The summed E-state index contributed by atoms with van der Waals surface area (Å²) in [5.74, 6) is -6.75. The summed E-state index contributed by atoms with van der Waals surface area (Å²) in [6, 6.07) is 0. The molecular weight excluding hydrogens is 206 g/mol. The van der Waals surface area contributed by atoms with E-state index in [1.165, 1.54) is 0 Å². The fraction of sp³-hybridized carbons (Fsp3) is 0.857. The third-order valence-electron chi connectivity index (χ3n) is 2.06. The first-order chi connectivity index (χ1) is 6.39. The predicted octanol–water partition coefficient (Wildman–Crippen LogP) is 0.337. The minimum atomic E-state index is -4.61. The summed E-state index contributed by atoms with van der Waals surface area (Å²) >= 11 is 0. The van der Waals surface area contributed by atoms with Crippen LogP contribution in [0.3, 0.4) is 0 Å². The summed E-state index contributed by atoms with van der Waals surface area (Å²) < 4.78 is 48.3. The van der Waals surface area contributed by atoms with Crippen LogP contribution in [0.15, 0.2) is 0 Å². The Kier molecular flexibility index (Phi) is 2.98. The Bertz CT molecular complexity index is 228. The molecule has 0 aromatic carbocycles. The van der Waals surface area contributed by atoms with Crippen LogP contribution in [-0.4, -0.2) is 48.0 Å². The Morgan fingerprint density at radius 1 is 1.50 bits per heavy atom. The molecule has 3 nitrogen and oxygen atoms in total. The number of carbonyl (C=O) groups is 1. The Hall–Kier alpha value is -0.850. The van der Waals surface area contributed by atoms with Crippen LogP contribution in [0.4, 0.5) is 17.6 Å². The summed E-state index contributed by atoms with van der Waals surface area (Å²) in [4.78, 5) is 11.4. The van der Waals surface area contributed by atoms with Gasteiger partial charge in [-0.25, -0.2) is 8.78 Å². The summed E-state index contributed by atoms with van der Waals surface area (Å²) in [7, 11) is 0. The van der Waals surface area contributed by atoms with Gasteiger partial charge in [-0.3, -0.25) is 4.79 Å². The number of amides is 1. The zero-order valence-electron chi connectivity index (χ0n) is 7.09. The van der Waals surface area contributed by atoms with E-state index in [-0.39, 0.29) is 25.6 Å². The fourth-order valence-electron chi connectivity index (χ4n) is 1.16. The largest absolute Gasteiger partial charge is 0.396 e. The number of aliphatic hydroxyl groups is 1. The average Bonchev–Trinajstić information content (AvgIpc) is 2.01. The van der Waals surface area contributed by atoms with Crippen LogP contribution >= 0.6 is 0 Å². The van der Waals surface area contributed by atoms with Crippen LogP contribution in [0.2, 0.25) is 0 Å². The van der Waals surface area contributed by atoms with Crippen molar-refractivity contribution >= 4 is 5.91 Å². The van der Waals surface area contributed by atoms with Crippen molar-refractivity contribution in [3.8, 4) is 0 Å². The second-order valence-corrected chi connectivity index (χ2v) is 3.18. The van der Waals surface area contributed by atoms with Crippen molar-refractivity contribution in [3.05, 3.63) is 0 Å². The van der Waals surface area contributed by atoms with Gasteiger partial charge in [0, 0.05) is 25.6 Å². The van der Waals surface area contributed by atoms with E-state index in [2.05, 4.69) is 0 Å². The van der Waals surface area contributed by atoms with Crippen LogP contribution in [0.1, 0.15) is 0 Å². The number of nitrogens with zero attached hydrogens (tertiary/aromatic N) is 1. The van der Waals surface area contributed by atoms with Crippen molar-refractivity contribution in [1.29, 1.82) is 0 Å². The molecule has 1 fully saturated rings. The Labute approximate surface area is 77.3 Å². The van der Waals surface area contributed by atoms with Crippen LogP contribution < -0.4 is 0 Å². The molecule has 0 aliphatic carbocycles. The standard InChI is InChI=1S/C7H9F4NO2/c8-5(9)7(10,11)6(14)12-1-4(2-12)3-13/h4-5,13H,1-3H2. The summed E-state index contributed by atoms with van der Waals surface area (Å²) in [5.41, 5.74) is 0. The highest BCUT2D eigenvalue weighted by Gasteiger charge is 2.53. The molecule has 1 aliphatic heterocycles. The van der Waals surface area contributed by atoms with E-state index < -0.39 is 18.3 Å². The van der Waals surface area contributed by atoms with Crippen molar-refractivity contribution in [2.45, 2.75) is 12.3 Å². The molecule has 0 aromatic heterocycles. The minimum absolute atomic E-state index is 0.0857. The second-order valence-electron chi connectivity index (χ2n) is 3.18. The molecule has 0 saturated carbocycles. The lowest BCUT2D eigenvalue weighted by atomic mass is 10.0. The monoisotopic (exact) mass is 215 g/mol. The maximum Gasteiger partial charge on any atom is 0.383 e. The number of rotatable bonds is 3. The van der Waals surface area contributed by atoms with Crippen molar-refractivity contribution < 1.29 is 27.5 Å². The smallest absolute Gasteiger partial charge is 0.383 e. The Morgan fingerprint density at radius 3 is 2.36 bits per heavy atom. The third kappa shape index (κ3) is 1.82. The molecular formula is C7H9F4NO2. The van der Waals surface area contributed by atoms with E-state index in [0.717, 1.165) is 0 Å². The average molecular weight is 215 g/mol. The molecule has 1 heterocycles. The molecule has 7 heteroatoms. The number of halogens is 4. The first-order valence-electron chi connectivity index (χ1n) is 3.95. The molecule has 0 atom stereocenters. The van der Waals surface area contributed by atoms with Gasteiger partial charge in [0.05, 0.1) is 0 Å². The zero-order valence-corrected chi connectivity index (χ0v) is 7.09. The zero-order chi connectivity index (χ0) is 10.9. The Balaban J connectivity index is 2.51. The molecule has 1 rings (SSSR count). The van der Waals surface area contributed by atoms with Crippen LogP contribution in [0.5, 0.6) is 0 Å². The van der Waals surface area contributed by atoms with Gasteiger partial charge in [-0.15, -0.1) is 0 Å². The van der Waals surface area contributed by atoms with Gasteiger partial charge in [0.25, 0.3) is 5.91 Å². The number of alkyl halides is 4. The van der Waals surface area contributed by atoms with Gasteiger partial charge in [0.15, 0.2) is 0 Å². The van der Waals surface area contributed by atoms with Gasteiger partial charge in [-0.1, -0.05) is 0 Å². The van der Waals surface area contributed by atoms with E-state index in [9.17, 15) is 22.4 Å². The van der Waals surface area contributed by atoms with Gasteiger partial charge in [0.2, 0.25) is 0 Å². The highest BCUT2D eigenvalue weighted by atomic mass is 19.3. The van der Waals surface area contributed by atoms with Crippen molar-refractivity contribution in [2.75, 3.05) is 19.7 Å². The van der Waals surface area contributed by atoms with Gasteiger partial charge < -0.3 is 10.0 Å². The molecule has 1 aliphatic rings. The van der Waals surface area contributed by atoms with Crippen molar-refractivity contribution in [3.63, 3.8) is 0 Å². The SMILES string of the molecule is O=C(N1CC(CO)C1)C(F)(F)C(F)F. The highest BCUT2D eigenvalue weighted by molar-refractivity contribution is 5.84. The summed E-state index contributed by atoms with van der Waals surface area (Å²) in [6.45, 7) is -0.403. The molecule has 0 bridgehead atoms. The predicted molar refractivity (Wildman–Crippen MR) is 38.1 cm³/mol. The third-order valence-corrected chi connectivity index (χ3v) is 2.06. The first-order valence-corrected chi connectivity index (χ1v) is 3.95. The molecule has 82 valence electrons. The summed E-state index contributed by atoms with van der Waals surface area (Å²) in [5, 5.41) is 8.52. The quantitative estimate of drug-likeness (QED) is 0.689. The molecule has 0 unspecified atom stereocenters. The number of hydrogen-bond donors (Lipinski definition) is 1. The molecule has 0 spiro atoms. The van der Waals surface area contributed by atoms with Crippen molar-refractivity contribution in [2.24, 2.45) is 5.92 Å². The van der Waals surface area contributed by atoms with Crippen LogP contribution in [0.25, 0.3) is 0 Å². The van der Waals surface area contributed by atoms with E-state index >= 15 is 0 Å². The van der Waals surface area contributed by atoms with Crippen LogP contribution in [-0.2, 0) is 4.79 Å². The first kappa shape index (κ1) is 11.2. The molecule has 0 radical (unpaired) electrons. The lowest BCUT2D eigenvalue weighted by Crippen LogP contribution is -2.58. The van der Waals surface area contributed by atoms with Crippen molar-refractivity contribution in [1.82, 2.24) is 4.90 Å². The lowest BCUT2D eigenvalue weighted by Gasteiger charge is -2.39. The number of hydrogen-bond acceptors (Lipinski definition) is 2.